The molecule has 0 aliphatic heterocycles. The van der Waals surface area contributed by atoms with Crippen LogP contribution in [-0.4, -0.2) is 46.4 Å². The third-order valence-corrected chi connectivity index (χ3v) is 2.56. The summed E-state index contributed by atoms with van der Waals surface area (Å²) in [5.41, 5.74) is 0. The Bertz CT molecular complexity index is 406. The molecule has 2 N–H and O–H groups in total. The van der Waals surface area contributed by atoms with Crippen molar-refractivity contribution in [2.24, 2.45) is 0 Å². The summed E-state index contributed by atoms with van der Waals surface area (Å²) < 4.78 is 20.6. The molecule has 0 fully saturated rings. The number of benzene rings is 1. The zero-order chi connectivity index (χ0) is 15.5. The highest BCUT2D eigenvalue weighted by atomic mass is 16.7. The Morgan fingerprint density at radius 2 is 1.62 bits per heavy atom. The molecule has 0 radical (unpaired) electrons. The Kier molecular flexibility index (Phi) is 8.00. The Morgan fingerprint density at radius 3 is 2.14 bits per heavy atom. The highest BCUT2D eigenvalue weighted by molar-refractivity contribution is 5.73. The van der Waals surface area contributed by atoms with Gasteiger partial charge in [0.05, 0.1) is 13.2 Å². The van der Waals surface area contributed by atoms with E-state index in [0.717, 1.165) is 5.75 Å². The Morgan fingerprint density at radius 1 is 1.05 bits per heavy atom. The van der Waals surface area contributed by atoms with Crippen LogP contribution in [0.4, 0.5) is 4.79 Å². The van der Waals surface area contributed by atoms with Crippen molar-refractivity contribution in [3.8, 4) is 11.5 Å². The van der Waals surface area contributed by atoms with Crippen LogP contribution in [0.5, 0.6) is 11.5 Å². The fourth-order valence-corrected chi connectivity index (χ4v) is 1.49. The quantitative estimate of drug-likeness (QED) is 0.673. The molecule has 0 unspecified atom stereocenters. The van der Waals surface area contributed by atoms with Gasteiger partial charge in [0.25, 0.3) is 0 Å². The predicted octanol–water partition coefficient (Wildman–Crippen LogP) is 1.34. The molecular formula is C14H22N2O5. The predicted molar refractivity (Wildman–Crippen MR) is 77.4 cm³/mol. The molecule has 0 saturated carbocycles. The number of ether oxygens (including phenoxy) is 4. The molecule has 1 aromatic rings. The van der Waals surface area contributed by atoms with E-state index in [1.54, 1.807) is 24.3 Å². The molecule has 0 aliphatic carbocycles. The molecule has 7 heteroatoms. The number of urea groups is 1. The van der Waals surface area contributed by atoms with Gasteiger partial charge in [-0.1, -0.05) is 0 Å². The van der Waals surface area contributed by atoms with Crippen molar-refractivity contribution in [2.45, 2.75) is 13.2 Å². The Labute approximate surface area is 124 Å². The monoisotopic (exact) mass is 298 g/mol. The van der Waals surface area contributed by atoms with Crippen molar-refractivity contribution >= 4 is 6.03 Å². The van der Waals surface area contributed by atoms with Crippen LogP contribution in [0.3, 0.4) is 0 Å². The molecule has 0 aliphatic rings. The molecule has 0 spiro atoms. The van der Waals surface area contributed by atoms with Crippen LogP contribution in [0.15, 0.2) is 24.3 Å². The van der Waals surface area contributed by atoms with Gasteiger partial charge in [0, 0.05) is 14.2 Å². The maximum Gasteiger partial charge on any atom is 0.317 e. The number of carbonyl (C=O) groups excluding carboxylic acids is 1. The molecular weight excluding hydrogens is 276 g/mol. The molecule has 7 nitrogen and oxygen atoms in total. The summed E-state index contributed by atoms with van der Waals surface area (Å²) >= 11 is 0. The summed E-state index contributed by atoms with van der Waals surface area (Å²) in [4.78, 5) is 11.5. The van der Waals surface area contributed by atoms with Gasteiger partial charge in [-0.05, 0) is 31.2 Å². The first-order valence-corrected chi connectivity index (χ1v) is 6.62. The highest BCUT2D eigenvalue weighted by Gasteiger charge is 2.07. The number of amides is 2. The van der Waals surface area contributed by atoms with E-state index in [4.69, 9.17) is 18.9 Å². The first-order chi connectivity index (χ1) is 10.2. The molecule has 1 aromatic carbocycles. The Balaban J connectivity index is 2.21. The molecule has 0 bridgehead atoms. The maximum absolute atomic E-state index is 11.5. The lowest BCUT2D eigenvalue weighted by Crippen LogP contribution is -2.42. The lowest BCUT2D eigenvalue weighted by atomic mass is 10.3. The van der Waals surface area contributed by atoms with Crippen LogP contribution in [0.1, 0.15) is 6.92 Å². The van der Waals surface area contributed by atoms with E-state index < -0.39 is 6.29 Å². The number of hydrogen-bond donors (Lipinski definition) is 2. The topological polar surface area (TPSA) is 78.1 Å². The SMILES string of the molecule is CCOc1ccc(OCNC(=O)NCC(OC)OC)cc1. The van der Waals surface area contributed by atoms with Crippen molar-refractivity contribution in [1.82, 2.24) is 10.6 Å². The normalized spacial score (nSPS) is 10.3. The number of carbonyl (C=O) groups is 1. The van der Waals surface area contributed by atoms with Crippen molar-refractivity contribution in [3.05, 3.63) is 24.3 Å². The molecule has 118 valence electrons. The zero-order valence-corrected chi connectivity index (χ0v) is 12.5. The van der Waals surface area contributed by atoms with Gasteiger partial charge in [-0.2, -0.15) is 0 Å². The van der Waals surface area contributed by atoms with Crippen LogP contribution >= 0.6 is 0 Å². The van der Waals surface area contributed by atoms with Gasteiger partial charge in [0.2, 0.25) is 0 Å². The van der Waals surface area contributed by atoms with Gasteiger partial charge in [-0.25, -0.2) is 4.79 Å². The van der Waals surface area contributed by atoms with Crippen LogP contribution in [0, 0.1) is 0 Å². The lowest BCUT2D eigenvalue weighted by molar-refractivity contribution is -0.0972. The average molecular weight is 298 g/mol. The number of nitrogens with one attached hydrogen (secondary N) is 2. The number of hydrogen-bond acceptors (Lipinski definition) is 5. The fourth-order valence-electron chi connectivity index (χ4n) is 1.49. The summed E-state index contributed by atoms with van der Waals surface area (Å²) in [7, 11) is 3.01. The molecule has 0 atom stereocenters. The average Bonchev–Trinajstić information content (AvgIpc) is 2.50. The van der Waals surface area contributed by atoms with Gasteiger partial charge in [0.1, 0.15) is 11.5 Å². The lowest BCUT2D eigenvalue weighted by Gasteiger charge is -2.14. The van der Waals surface area contributed by atoms with Crippen LogP contribution in [0.2, 0.25) is 0 Å². The summed E-state index contributed by atoms with van der Waals surface area (Å²) in [5, 5.41) is 5.16. The summed E-state index contributed by atoms with van der Waals surface area (Å²) in [6, 6.07) is 6.80. The second kappa shape index (κ2) is 9.84. The highest BCUT2D eigenvalue weighted by Crippen LogP contribution is 2.17. The second-order valence-corrected chi connectivity index (χ2v) is 3.98. The molecule has 0 aromatic heterocycles. The first kappa shape index (κ1) is 17.1. The smallest absolute Gasteiger partial charge is 0.317 e. The summed E-state index contributed by atoms with van der Waals surface area (Å²) in [5.74, 6) is 1.42. The van der Waals surface area contributed by atoms with E-state index in [-0.39, 0.29) is 19.3 Å². The van der Waals surface area contributed by atoms with Gasteiger partial charge in [-0.15, -0.1) is 0 Å². The molecule has 2 amide bonds. The minimum Gasteiger partial charge on any atom is -0.494 e. The summed E-state index contributed by atoms with van der Waals surface area (Å²) in [6.07, 6.45) is -0.470. The third kappa shape index (κ3) is 6.82. The van der Waals surface area contributed by atoms with Gasteiger partial charge in [0.15, 0.2) is 13.0 Å². The number of rotatable bonds is 9. The van der Waals surface area contributed by atoms with Crippen molar-refractivity contribution in [2.75, 3.05) is 34.1 Å². The van der Waals surface area contributed by atoms with Gasteiger partial charge < -0.3 is 29.6 Å². The van der Waals surface area contributed by atoms with E-state index in [1.165, 1.54) is 14.2 Å². The minimum atomic E-state index is -0.470. The van der Waals surface area contributed by atoms with E-state index in [0.29, 0.717) is 12.4 Å². The van der Waals surface area contributed by atoms with E-state index >= 15 is 0 Å². The molecule has 0 saturated heterocycles. The molecule has 21 heavy (non-hydrogen) atoms. The van der Waals surface area contributed by atoms with E-state index in [2.05, 4.69) is 10.6 Å². The van der Waals surface area contributed by atoms with E-state index in [1.807, 2.05) is 6.92 Å². The van der Waals surface area contributed by atoms with Crippen molar-refractivity contribution in [1.29, 1.82) is 0 Å². The standard InChI is InChI=1S/C14H22N2O5/c1-4-20-11-5-7-12(8-6-11)21-10-16-14(17)15-9-13(18-2)19-3/h5-8,13H,4,9-10H2,1-3H3,(H2,15,16,17). The van der Waals surface area contributed by atoms with Crippen LogP contribution < -0.4 is 20.1 Å². The van der Waals surface area contributed by atoms with Gasteiger partial charge in [-0.3, -0.25) is 0 Å². The van der Waals surface area contributed by atoms with Crippen molar-refractivity contribution < 1.29 is 23.7 Å². The van der Waals surface area contributed by atoms with E-state index in [9.17, 15) is 4.79 Å². The van der Waals surface area contributed by atoms with Gasteiger partial charge >= 0.3 is 6.03 Å². The van der Waals surface area contributed by atoms with Crippen LogP contribution in [-0.2, 0) is 9.47 Å². The fraction of sp³-hybridized carbons (Fsp3) is 0.500. The summed E-state index contributed by atoms with van der Waals surface area (Å²) in [6.45, 7) is 2.85. The molecule has 0 heterocycles. The van der Waals surface area contributed by atoms with Crippen LogP contribution in [0.25, 0.3) is 0 Å². The number of methoxy groups -OCH3 is 2. The first-order valence-electron chi connectivity index (χ1n) is 6.62. The largest absolute Gasteiger partial charge is 0.494 e. The minimum absolute atomic E-state index is 0.0600. The van der Waals surface area contributed by atoms with Crippen molar-refractivity contribution in [3.63, 3.8) is 0 Å². The third-order valence-electron chi connectivity index (χ3n) is 2.56. The maximum atomic E-state index is 11.5. The Hall–Kier alpha value is -1.99. The second-order valence-electron chi connectivity index (χ2n) is 3.98. The zero-order valence-electron chi connectivity index (χ0n) is 12.5. The molecule has 1 rings (SSSR count).